The number of nitrogens with one attached hydrogen (secondary N) is 2. The SMILES string of the molecule is Cc1c(C(=O)N2Cc3ccccc3C2)c(NS(C)=O)c(C)c(C(C)C(=O)O)c1-c1ccc2c(c1)NCCO2. The number of hydrogen-bond acceptors (Lipinski definition) is 5. The number of fused-ring (bicyclic) bond motifs is 2. The van der Waals surface area contributed by atoms with Crippen molar-refractivity contribution < 1.29 is 23.6 Å². The summed E-state index contributed by atoms with van der Waals surface area (Å²) in [5, 5.41) is 13.4. The third-order valence-electron chi connectivity index (χ3n) is 7.38. The second-order valence-corrected chi connectivity index (χ2v) is 10.9. The zero-order chi connectivity index (χ0) is 27.1. The summed E-state index contributed by atoms with van der Waals surface area (Å²) in [7, 11) is -1.48. The number of hydrogen-bond donors (Lipinski definition) is 3. The van der Waals surface area contributed by atoms with Gasteiger partial charge in [0.05, 0.1) is 22.9 Å². The molecular weight excluding hydrogens is 502 g/mol. The van der Waals surface area contributed by atoms with Gasteiger partial charge in [-0.3, -0.25) is 9.59 Å². The molecule has 0 aromatic heterocycles. The summed E-state index contributed by atoms with van der Waals surface area (Å²) in [5.41, 5.74) is 7.14. The first kappa shape index (κ1) is 25.8. The van der Waals surface area contributed by atoms with E-state index >= 15 is 0 Å². The van der Waals surface area contributed by atoms with E-state index in [9.17, 15) is 18.9 Å². The van der Waals surface area contributed by atoms with Crippen LogP contribution in [0.15, 0.2) is 42.5 Å². The van der Waals surface area contributed by atoms with E-state index in [1.165, 1.54) is 6.26 Å². The molecule has 2 aliphatic heterocycles. The lowest BCUT2D eigenvalue weighted by Crippen LogP contribution is -2.28. The summed E-state index contributed by atoms with van der Waals surface area (Å²) in [6.45, 7) is 7.46. The first-order valence-electron chi connectivity index (χ1n) is 12.5. The van der Waals surface area contributed by atoms with E-state index in [-0.39, 0.29) is 5.91 Å². The van der Waals surface area contributed by atoms with Crippen molar-refractivity contribution in [3.8, 4) is 16.9 Å². The Bertz CT molecular complexity index is 1460. The lowest BCUT2D eigenvalue weighted by atomic mass is 9.81. The molecule has 0 spiro atoms. The zero-order valence-electron chi connectivity index (χ0n) is 21.9. The molecule has 3 aromatic carbocycles. The predicted molar refractivity (Wildman–Crippen MR) is 149 cm³/mol. The van der Waals surface area contributed by atoms with Gasteiger partial charge in [0.1, 0.15) is 23.3 Å². The Labute approximate surface area is 224 Å². The summed E-state index contributed by atoms with van der Waals surface area (Å²) in [6, 6.07) is 13.7. The van der Waals surface area contributed by atoms with Crippen LogP contribution in [-0.2, 0) is 28.9 Å². The maximum atomic E-state index is 14.2. The van der Waals surface area contributed by atoms with Crippen LogP contribution in [0.5, 0.6) is 5.75 Å². The number of anilines is 2. The molecule has 8 nitrogen and oxygen atoms in total. The van der Waals surface area contributed by atoms with Gasteiger partial charge >= 0.3 is 5.97 Å². The van der Waals surface area contributed by atoms with Crippen LogP contribution in [0.2, 0.25) is 0 Å². The first-order valence-corrected chi connectivity index (χ1v) is 14.1. The van der Waals surface area contributed by atoms with Crippen LogP contribution >= 0.6 is 0 Å². The normalized spacial score (nSPS) is 15.5. The molecule has 2 heterocycles. The third kappa shape index (κ3) is 4.51. The van der Waals surface area contributed by atoms with Crippen molar-refractivity contribution in [1.82, 2.24) is 4.90 Å². The molecule has 5 rings (SSSR count). The van der Waals surface area contributed by atoms with Crippen LogP contribution in [0.3, 0.4) is 0 Å². The van der Waals surface area contributed by atoms with Crippen LogP contribution in [0.25, 0.3) is 11.1 Å². The Hall–Kier alpha value is -3.85. The molecule has 1 amide bonds. The van der Waals surface area contributed by atoms with Gasteiger partial charge < -0.3 is 24.8 Å². The number of rotatable bonds is 6. The van der Waals surface area contributed by atoms with Crippen LogP contribution in [0.4, 0.5) is 11.4 Å². The number of amides is 1. The smallest absolute Gasteiger partial charge is 0.310 e. The molecule has 198 valence electrons. The predicted octanol–water partition coefficient (Wildman–Crippen LogP) is 4.82. The Balaban J connectivity index is 1.74. The molecule has 3 N–H and O–H groups in total. The molecule has 0 aliphatic carbocycles. The minimum atomic E-state index is -1.48. The first-order chi connectivity index (χ1) is 18.2. The standard InChI is InChI=1S/C29H31N3O5S/c1-16-25(19-9-10-23-22(13-19)30-11-12-37-23)24(18(3)29(34)35)17(2)27(31-38(4)36)26(16)28(33)32-14-20-7-5-6-8-21(20)15-32/h5-10,13,18,30-31H,11-12,14-15H2,1-4H3,(H,34,35). The highest BCUT2D eigenvalue weighted by Crippen LogP contribution is 2.44. The lowest BCUT2D eigenvalue weighted by Gasteiger charge is -2.28. The van der Waals surface area contributed by atoms with Crippen molar-refractivity contribution in [2.75, 3.05) is 29.4 Å². The monoisotopic (exact) mass is 533 g/mol. The molecule has 2 atom stereocenters. The van der Waals surface area contributed by atoms with Gasteiger partial charge in [-0.2, -0.15) is 0 Å². The minimum absolute atomic E-state index is 0.190. The van der Waals surface area contributed by atoms with Gasteiger partial charge in [-0.25, -0.2) is 4.21 Å². The number of carbonyl (C=O) groups excluding carboxylic acids is 1. The number of ether oxygens (including phenoxy) is 1. The molecule has 9 heteroatoms. The van der Waals surface area contributed by atoms with Crippen LogP contribution in [0, 0.1) is 13.8 Å². The summed E-state index contributed by atoms with van der Waals surface area (Å²) < 4.78 is 21.1. The van der Waals surface area contributed by atoms with Gasteiger partial charge in [-0.15, -0.1) is 0 Å². The van der Waals surface area contributed by atoms with E-state index in [1.807, 2.05) is 49.4 Å². The minimum Gasteiger partial charge on any atom is -0.490 e. The average Bonchev–Trinajstić information content (AvgIpc) is 3.34. The zero-order valence-corrected chi connectivity index (χ0v) is 22.7. The van der Waals surface area contributed by atoms with Gasteiger partial charge in [-0.05, 0) is 71.8 Å². The molecule has 0 radical (unpaired) electrons. The van der Waals surface area contributed by atoms with E-state index in [1.54, 1.807) is 18.7 Å². The van der Waals surface area contributed by atoms with E-state index in [2.05, 4.69) is 10.0 Å². The Kier molecular flexibility index (Phi) is 6.88. The maximum absolute atomic E-state index is 14.2. The fourth-order valence-electron chi connectivity index (χ4n) is 5.53. The highest BCUT2D eigenvalue weighted by molar-refractivity contribution is 7.85. The fourth-order valence-corrected chi connectivity index (χ4v) is 6.07. The van der Waals surface area contributed by atoms with E-state index in [0.717, 1.165) is 28.1 Å². The highest BCUT2D eigenvalue weighted by Gasteiger charge is 2.33. The van der Waals surface area contributed by atoms with Gasteiger partial charge in [0, 0.05) is 25.9 Å². The van der Waals surface area contributed by atoms with Crippen molar-refractivity contribution >= 4 is 34.2 Å². The van der Waals surface area contributed by atoms with Gasteiger partial charge in [0.25, 0.3) is 5.91 Å². The van der Waals surface area contributed by atoms with Crippen molar-refractivity contribution in [2.24, 2.45) is 0 Å². The highest BCUT2D eigenvalue weighted by atomic mass is 32.2. The Morgan fingerprint density at radius 2 is 1.79 bits per heavy atom. The Morgan fingerprint density at radius 3 is 2.42 bits per heavy atom. The molecule has 3 aromatic rings. The van der Waals surface area contributed by atoms with Crippen molar-refractivity contribution in [2.45, 2.75) is 39.8 Å². The number of benzene rings is 3. The van der Waals surface area contributed by atoms with Gasteiger partial charge in [-0.1, -0.05) is 30.3 Å². The summed E-state index contributed by atoms with van der Waals surface area (Å²) in [6.07, 6.45) is 1.50. The molecule has 0 bridgehead atoms. The van der Waals surface area contributed by atoms with Gasteiger partial charge in [0.15, 0.2) is 0 Å². The second kappa shape index (κ2) is 10.1. The number of aliphatic carboxylic acids is 1. The molecule has 0 fully saturated rings. The van der Waals surface area contributed by atoms with Crippen molar-refractivity contribution in [3.63, 3.8) is 0 Å². The third-order valence-corrected chi connectivity index (χ3v) is 7.87. The lowest BCUT2D eigenvalue weighted by molar-refractivity contribution is -0.138. The topological polar surface area (TPSA) is 108 Å². The second-order valence-electron chi connectivity index (χ2n) is 9.82. The average molecular weight is 534 g/mol. The number of carbonyl (C=O) groups is 2. The molecule has 38 heavy (non-hydrogen) atoms. The number of carboxylic acids is 1. The van der Waals surface area contributed by atoms with E-state index in [4.69, 9.17) is 4.74 Å². The number of nitrogens with zero attached hydrogens (tertiary/aromatic N) is 1. The van der Waals surface area contributed by atoms with Crippen molar-refractivity contribution in [1.29, 1.82) is 0 Å². The largest absolute Gasteiger partial charge is 0.490 e. The van der Waals surface area contributed by atoms with Crippen LogP contribution < -0.4 is 14.8 Å². The van der Waals surface area contributed by atoms with E-state index in [0.29, 0.717) is 59.7 Å². The molecule has 0 saturated heterocycles. The maximum Gasteiger partial charge on any atom is 0.310 e. The van der Waals surface area contributed by atoms with Crippen LogP contribution in [0.1, 0.15) is 51.0 Å². The molecular formula is C29H31N3O5S. The molecule has 2 aliphatic rings. The van der Waals surface area contributed by atoms with Crippen molar-refractivity contribution in [3.05, 3.63) is 75.8 Å². The van der Waals surface area contributed by atoms with Crippen LogP contribution in [-0.4, -0.2) is 45.5 Å². The summed E-state index contributed by atoms with van der Waals surface area (Å²) >= 11 is 0. The number of carboxylic acid groups (broad SMARTS) is 1. The summed E-state index contributed by atoms with van der Waals surface area (Å²) in [4.78, 5) is 28.2. The fraction of sp³-hybridized carbons (Fsp3) is 0.310. The quantitative estimate of drug-likeness (QED) is 0.419. The Morgan fingerprint density at radius 1 is 1.11 bits per heavy atom. The molecule has 0 saturated carbocycles. The van der Waals surface area contributed by atoms with Gasteiger partial charge in [0.2, 0.25) is 0 Å². The molecule has 2 unspecified atom stereocenters. The van der Waals surface area contributed by atoms with E-state index < -0.39 is 22.9 Å². The summed E-state index contributed by atoms with van der Waals surface area (Å²) in [5.74, 6) is -1.31.